The van der Waals surface area contributed by atoms with E-state index < -0.39 is 5.92 Å². The van der Waals surface area contributed by atoms with Crippen molar-refractivity contribution in [1.29, 1.82) is 0 Å². The second-order valence-electron chi connectivity index (χ2n) is 8.29. The van der Waals surface area contributed by atoms with Crippen molar-refractivity contribution >= 4 is 5.69 Å². The zero-order chi connectivity index (χ0) is 21.3. The molecule has 5 heteroatoms. The summed E-state index contributed by atoms with van der Waals surface area (Å²) in [4.78, 5) is 6.40. The first-order valence-corrected chi connectivity index (χ1v) is 10.3. The number of nitrogens with one attached hydrogen (secondary N) is 1. The highest BCUT2D eigenvalue weighted by molar-refractivity contribution is 5.69. The van der Waals surface area contributed by atoms with Crippen molar-refractivity contribution in [2.75, 3.05) is 18.4 Å². The molecule has 0 saturated heterocycles. The predicted octanol–water partition coefficient (Wildman–Crippen LogP) is 5.99. The first-order valence-electron chi connectivity index (χ1n) is 10.3. The Morgan fingerprint density at radius 1 is 1.10 bits per heavy atom. The van der Waals surface area contributed by atoms with Crippen molar-refractivity contribution in [3.8, 4) is 11.3 Å². The van der Waals surface area contributed by atoms with Gasteiger partial charge in [-0.05, 0) is 60.7 Å². The average molecular weight is 408 g/mol. The molecule has 2 aromatic carbocycles. The normalized spacial score (nSPS) is 16.9. The zero-order valence-corrected chi connectivity index (χ0v) is 17.6. The van der Waals surface area contributed by atoms with E-state index in [0.717, 1.165) is 47.0 Å². The fourth-order valence-corrected chi connectivity index (χ4v) is 4.09. The van der Waals surface area contributed by atoms with Gasteiger partial charge in [0.2, 0.25) is 0 Å². The molecule has 1 aliphatic heterocycles. The van der Waals surface area contributed by atoms with Gasteiger partial charge in [-0.15, -0.1) is 0 Å². The summed E-state index contributed by atoms with van der Waals surface area (Å²) in [6, 6.07) is 18.3. The van der Waals surface area contributed by atoms with Crippen molar-refractivity contribution in [1.82, 2.24) is 9.88 Å². The number of aryl methyl sites for hydroxylation is 2. The molecule has 0 saturated carbocycles. The molecule has 3 nitrogen and oxygen atoms in total. The number of halogens is 2. The van der Waals surface area contributed by atoms with Crippen molar-refractivity contribution in [3.05, 3.63) is 83.0 Å². The molecule has 0 fully saturated rings. The van der Waals surface area contributed by atoms with Crippen molar-refractivity contribution in [2.45, 2.75) is 39.3 Å². The molecule has 4 rings (SSSR count). The van der Waals surface area contributed by atoms with Gasteiger partial charge in [0.1, 0.15) is 6.17 Å². The van der Waals surface area contributed by atoms with E-state index >= 15 is 0 Å². The van der Waals surface area contributed by atoms with Crippen LogP contribution in [0.2, 0.25) is 0 Å². The Morgan fingerprint density at radius 3 is 2.63 bits per heavy atom. The number of fused-ring (bicyclic) bond motifs is 1. The molecule has 156 valence electrons. The number of rotatable bonds is 5. The molecular weight excluding hydrogens is 380 g/mol. The topological polar surface area (TPSA) is 28.2 Å². The van der Waals surface area contributed by atoms with Crippen molar-refractivity contribution in [3.63, 3.8) is 0 Å². The average Bonchev–Trinajstić information content (AvgIpc) is 2.71. The summed E-state index contributed by atoms with van der Waals surface area (Å²) in [7, 11) is 0. The number of aromatic nitrogens is 1. The smallest absolute Gasteiger partial charge is 0.257 e. The zero-order valence-electron chi connectivity index (χ0n) is 17.6. The lowest BCUT2D eigenvalue weighted by atomic mass is 9.96. The molecule has 3 aromatic rings. The summed E-state index contributed by atoms with van der Waals surface area (Å²) in [5.74, 6) is -2.75. The summed E-state index contributed by atoms with van der Waals surface area (Å²) < 4.78 is 27.8. The molecule has 0 amide bonds. The van der Waals surface area contributed by atoms with Crippen LogP contribution in [0.3, 0.4) is 0 Å². The van der Waals surface area contributed by atoms with E-state index in [-0.39, 0.29) is 12.7 Å². The van der Waals surface area contributed by atoms with Gasteiger partial charge in [-0.25, -0.2) is 8.78 Å². The highest BCUT2D eigenvalue weighted by atomic mass is 19.3. The number of anilines is 1. The number of nitrogens with zero attached hydrogens (tertiary/aromatic N) is 2. The van der Waals surface area contributed by atoms with Gasteiger partial charge in [0.05, 0.1) is 12.2 Å². The van der Waals surface area contributed by atoms with Crippen LogP contribution in [0, 0.1) is 13.8 Å². The maximum absolute atomic E-state index is 13.9. The number of pyridine rings is 1. The highest BCUT2D eigenvalue weighted by Gasteiger charge is 2.33. The fraction of sp³-hybridized carbons (Fsp3) is 0.320. The summed E-state index contributed by atoms with van der Waals surface area (Å²) in [6.07, 6.45) is 2.33. The molecule has 0 spiro atoms. The standard InChI is InChI=1S/C25H27F2N3/c1-17-8-11-23(28-15-17)22-14-20(10-9-18(22)2)29-24-21-7-5-4-6-19(21)12-13-30(24)16-25(3,26)27/h4-11,14-15,24,29H,12-13,16H2,1-3H3. The second kappa shape index (κ2) is 8.15. The van der Waals surface area contributed by atoms with E-state index in [4.69, 9.17) is 0 Å². The van der Waals surface area contributed by atoms with Gasteiger partial charge in [0.15, 0.2) is 0 Å². The Balaban J connectivity index is 1.68. The maximum atomic E-state index is 13.9. The predicted molar refractivity (Wildman–Crippen MR) is 118 cm³/mol. The van der Waals surface area contributed by atoms with E-state index in [1.807, 2.05) is 60.5 Å². The molecular formula is C25H27F2N3. The molecule has 1 aliphatic rings. The number of hydrogen-bond donors (Lipinski definition) is 1. The van der Waals surface area contributed by atoms with Crippen LogP contribution < -0.4 is 5.32 Å². The summed E-state index contributed by atoms with van der Waals surface area (Å²) in [6.45, 7) is 5.37. The van der Waals surface area contributed by atoms with Crippen LogP contribution in [0.25, 0.3) is 11.3 Å². The third kappa shape index (κ3) is 4.51. The molecule has 2 heterocycles. The molecule has 1 atom stereocenters. The lowest BCUT2D eigenvalue weighted by Gasteiger charge is -2.39. The lowest BCUT2D eigenvalue weighted by Crippen LogP contribution is -2.44. The first kappa shape index (κ1) is 20.5. The van der Waals surface area contributed by atoms with Crippen LogP contribution in [-0.4, -0.2) is 28.9 Å². The van der Waals surface area contributed by atoms with E-state index in [0.29, 0.717) is 6.54 Å². The van der Waals surface area contributed by atoms with Gasteiger partial charge in [-0.3, -0.25) is 9.88 Å². The third-order valence-corrected chi connectivity index (χ3v) is 5.59. The summed E-state index contributed by atoms with van der Waals surface area (Å²) >= 11 is 0. The molecule has 0 radical (unpaired) electrons. The van der Waals surface area contributed by atoms with E-state index in [1.54, 1.807) is 0 Å². The maximum Gasteiger partial charge on any atom is 0.257 e. The van der Waals surface area contributed by atoms with Gasteiger partial charge in [0, 0.05) is 30.9 Å². The summed E-state index contributed by atoms with van der Waals surface area (Å²) in [5.41, 5.74) is 7.34. The largest absolute Gasteiger partial charge is 0.366 e. The minimum absolute atomic E-state index is 0.281. The minimum Gasteiger partial charge on any atom is -0.366 e. The summed E-state index contributed by atoms with van der Waals surface area (Å²) in [5, 5.41) is 3.52. The van der Waals surface area contributed by atoms with Crippen molar-refractivity contribution in [2.24, 2.45) is 0 Å². The van der Waals surface area contributed by atoms with Crippen LogP contribution in [0.15, 0.2) is 60.8 Å². The van der Waals surface area contributed by atoms with Gasteiger partial charge in [-0.1, -0.05) is 36.4 Å². The van der Waals surface area contributed by atoms with Crippen LogP contribution in [-0.2, 0) is 6.42 Å². The molecule has 0 bridgehead atoms. The molecule has 1 aromatic heterocycles. The van der Waals surface area contributed by atoms with Gasteiger partial charge >= 0.3 is 0 Å². The Labute approximate surface area is 176 Å². The van der Waals surface area contributed by atoms with Crippen molar-refractivity contribution < 1.29 is 8.78 Å². The third-order valence-electron chi connectivity index (χ3n) is 5.59. The quantitative estimate of drug-likeness (QED) is 0.563. The van der Waals surface area contributed by atoms with Crippen LogP contribution in [0.1, 0.15) is 35.3 Å². The van der Waals surface area contributed by atoms with E-state index in [9.17, 15) is 8.78 Å². The Kier molecular flexibility index (Phi) is 5.56. The van der Waals surface area contributed by atoms with E-state index in [2.05, 4.69) is 29.4 Å². The van der Waals surface area contributed by atoms with Crippen LogP contribution in [0.5, 0.6) is 0 Å². The monoisotopic (exact) mass is 407 g/mol. The molecule has 0 aliphatic carbocycles. The molecule has 1 unspecified atom stereocenters. The van der Waals surface area contributed by atoms with Crippen LogP contribution in [0.4, 0.5) is 14.5 Å². The second-order valence-corrected chi connectivity index (χ2v) is 8.29. The van der Waals surface area contributed by atoms with Crippen LogP contribution >= 0.6 is 0 Å². The number of alkyl halides is 2. The SMILES string of the molecule is Cc1ccc(-c2cc(NC3c4ccccc4CCN3CC(C)(F)F)ccc2C)nc1. The molecule has 30 heavy (non-hydrogen) atoms. The fourth-order valence-electron chi connectivity index (χ4n) is 4.09. The van der Waals surface area contributed by atoms with Gasteiger partial charge in [-0.2, -0.15) is 0 Å². The molecule has 1 N–H and O–H groups in total. The highest BCUT2D eigenvalue weighted by Crippen LogP contribution is 2.34. The first-order chi connectivity index (χ1) is 14.3. The van der Waals surface area contributed by atoms with Gasteiger partial charge < -0.3 is 5.32 Å². The lowest BCUT2D eigenvalue weighted by molar-refractivity contribution is -0.0252. The Morgan fingerprint density at radius 2 is 1.90 bits per heavy atom. The van der Waals surface area contributed by atoms with E-state index in [1.165, 1.54) is 5.56 Å². The minimum atomic E-state index is -2.75. The Bertz CT molecular complexity index is 1030. The number of benzene rings is 2. The van der Waals surface area contributed by atoms with Gasteiger partial charge in [0.25, 0.3) is 5.92 Å². The Hall–Kier alpha value is -2.79. The number of hydrogen-bond acceptors (Lipinski definition) is 3.